The van der Waals surface area contributed by atoms with E-state index >= 15 is 8.78 Å². The average Bonchev–Trinajstić information content (AvgIpc) is 3.66. The molecule has 5 heterocycles. The molecule has 1 spiro atoms. The van der Waals surface area contributed by atoms with Gasteiger partial charge in [-0.1, -0.05) is 37.1 Å². The number of anilines is 2. The third-order valence-electron chi connectivity index (χ3n) is 10.1. The second-order valence-corrected chi connectivity index (χ2v) is 13.2. The van der Waals surface area contributed by atoms with E-state index in [1.165, 1.54) is 6.20 Å². The fraction of sp³-hybridized carbons (Fsp3) is 0.531. The van der Waals surface area contributed by atoms with Crippen molar-refractivity contribution in [2.24, 2.45) is 11.3 Å². The molecule has 2 aromatic heterocycles. The quantitative estimate of drug-likeness (QED) is 0.133. The Morgan fingerprint density at radius 3 is 2.53 bits per heavy atom. The molecule has 0 radical (unpaired) electrons. The number of hydrogen-bond acceptors (Lipinski definition) is 7. The molecule has 1 aromatic carbocycles. The number of pyridine rings is 1. The lowest BCUT2D eigenvalue weighted by Gasteiger charge is -2.37. The number of hydrogen-bond donors (Lipinski definition) is 2. The Balaban J connectivity index is 0.00000175. The topological polar surface area (TPSA) is 91.4 Å². The van der Waals surface area contributed by atoms with Gasteiger partial charge in [-0.25, -0.2) is 18.7 Å². The van der Waals surface area contributed by atoms with Gasteiger partial charge in [0.1, 0.15) is 17.0 Å². The monoisotopic (exact) mass is 650 g/mol. The molecule has 1 aliphatic carbocycles. The van der Waals surface area contributed by atoms with Gasteiger partial charge in [-0.15, -0.1) is 0 Å². The lowest BCUT2D eigenvalue weighted by atomic mass is 9.78. The summed E-state index contributed by atoms with van der Waals surface area (Å²) in [5.74, 6) is -0.768. The summed E-state index contributed by atoms with van der Waals surface area (Å²) in [5.41, 5.74) is 3.47. The molecule has 242 valence electrons. The molecule has 13 heteroatoms. The van der Waals surface area contributed by atoms with Crippen molar-refractivity contribution < 1.29 is 27.1 Å². The van der Waals surface area contributed by atoms with Crippen molar-refractivity contribution in [2.45, 2.75) is 69.9 Å². The maximum atomic E-state index is 16.7. The van der Waals surface area contributed by atoms with Gasteiger partial charge in [-0.3, -0.25) is 9.88 Å². The Morgan fingerprint density at radius 1 is 1.11 bits per heavy atom. The molecule has 0 amide bonds. The molecule has 4 aliphatic rings. The van der Waals surface area contributed by atoms with Gasteiger partial charge in [-0.05, 0) is 56.1 Å². The molecular formula is C32H36ClF5N6O. The second-order valence-electron chi connectivity index (χ2n) is 12.8. The van der Waals surface area contributed by atoms with Crippen molar-refractivity contribution in [1.82, 2.24) is 19.9 Å². The van der Waals surface area contributed by atoms with Gasteiger partial charge in [-0.2, -0.15) is 13.2 Å². The zero-order valence-electron chi connectivity index (χ0n) is 25.2. The second kappa shape index (κ2) is 11.3. The fourth-order valence-corrected chi connectivity index (χ4v) is 8.17. The van der Waals surface area contributed by atoms with Crippen LogP contribution in [0.1, 0.15) is 63.3 Å². The summed E-state index contributed by atoms with van der Waals surface area (Å²) in [6.07, 6.45) is 0.656. The third kappa shape index (κ3) is 4.95. The van der Waals surface area contributed by atoms with Crippen molar-refractivity contribution >= 4 is 34.0 Å². The van der Waals surface area contributed by atoms with E-state index < -0.39 is 45.7 Å². The number of rotatable bonds is 3. The third-order valence-corrected chi connectivity index (χ3v) is 10.4. The van der Waals surface area contributed by atoms with Gasteiger partial charge in [0.15, 0.2) is 17.9 Å². The molecule has 3 saturated heterocycles. The van der Waals surface area contributed by atoms with Crippen LogP contribution >= 0.6 is 11.6 Å². The van der Waals surface area contributed by atoms with E-state index in [0.717, 1.165) is 57.0 Å². The van der Waals surface area contributed by atoms with E-state index in [9.17, 15) is 13.2 Å². The molecule has 3 atom stereocenters. The number of benzene rings is 1. The van der Waals surface area contributed by atoms with E-state index in [1.54, 1.807) is 4.90 Å². The SMILES string of the molecule is C=C1CN2CCC3(CC3)C2(c2nc(N3CCCCC(C)C3F)c3cnc(-c4cc(N)cc(Cl)c4C(F)(F)F)c(F)c3n2)C1.CO. The first-order valence-electron chi connectivity index (χ1n) is 15.2. The van der Waals surface area contributed by atoms with Gasteiger partial charge in [0.25, 0.3) is 0 Å². The van der Waals surface area contributed by atoms with Crippen molar-refractivity contribution in [2.75, 3.05) is 37.4 Å². The predicted molar refractivity (Wildman–Crippen MR) is 164 cm³/mol. The highest BCUT2D eigenvalue weighted by molar-refractivity contribution is 6.32. The maximum absolute atomic E-state index is 16.7. The number of nitrogen functional groups attached to an aromatic ring is 1. The van der Waals surface area contributed by atoms with E-state index in [0.29, 0.717) is 38.2 Å². The molecular weight excluding hydrogens is 615 g/mol. The zero-order valence-corrected chi connectivity index (χ0v) is 25.9. The lowest BCUT2D eigenvalue weighted by Crippen LogP contribution is -2.44. The van der Waals surface area contributed by atoms with Gasteiger partial charge >= 0.3 is 6.18 Å². The standard InChI is InChI=1S/C31H32ClF5N6.CH4O/c1-16-13-30(29(6-7-29)8-10-42(30)15-16)28-40-25-20(27(41-28)43-9-4-3-5-17(2)26(43)34)14-39-24(23(25)33)19-11-18(38)12-21(32)22(19)31(35,36)37;1-2/h11-12,14,17,26H,1,3-10,13,15,38H2,2H3;2H,1H3. The Morgan fingerprint density at radius 2 is 1.84 bits per heavy atom. The number of aliphatic hydroxyl groups excluding tert-OH is 1. The Hall–Kier alpha value is -3.09. The smallest absolute Gasteiger partial charge is 0.400 e. The molecule has 3 aromatic rings. The molecule has 7 rings (SSSR count). The van der Waals surface area contributed by atoms with Crippen LogP contribution < -0.4 is 10.6 Å². The minimum atomic E-state index is -4.90. The van der Waals surface area contributed by atoms with Crippen LogP contribution in [-0.2, 0) is 11.7 Å². The van der Waals surface area contributed by atoms with Gasteiger partial charge in [0.2, 0.25) is 0 Å². The molecule has 3 aliphatic heterocycles. The van der Waals surface area contributed by atoms with E-state index in [1.807, 2.05) is 6.92 Å². The van der Waals surface area contributed by atoms with Crippen LogP contribution in [0.5, 0.6) is 0 Å². The normalized spacial score (nSPS) is 26.2. The van der Waals surface area contributed by atoms with Crippen LogP contribution in [0.25, 0.3) is 22.2 Å². The highest BCUT2D eigenvalue weighted by atomic mass is 35.5. The molecule has 1 saturated carbocycles. The summed E-state index contributed by atoms with van der Waals surface area (Å²) in [6.45, 7) is 7.91. The highest BCUT2D eigenvalue weighted by Gasteiger charge is 2.69. The van der Waals surface area contributed by atoms with Crippen LogP contribution in [-0.4, -0.2) is 58.0 Å². The molecule has 3 N–H and O–H groups in total. The fourth-order valence-electron chi connectivity index (χ4n) is 7.83. The lowest BCUT2D eigenvalue weighted by molar-refractivity contribution is -0.137. The van der Waals surface area contributed by atoms with Crippen molar-refractivity contribution in [1.29, 1.82) is 0 Å². The molecule has 4 fully saturated rings. The van der Waals surface area contributed by atoms with Crippen molar-refractivity contribution in [3.8, 4) is 11.3 Å². The molecule has 7 nitrogen and oxygen atoms in total. The summed E-state index contributed by atoms with van der Waals surface area (Å²) < 4.78 is 75.3. The number of nitrogens with two attached hydrogens (primary N) is 1. The number of aromatic nitrogens is 3. The van der Waals surface area contributed by atoms with Crippen LogP contribution in [0.3, 0.4) is 0 Å². The van der Waals surface area contributed by atoms with Gasteiger partial charge < -0.3 is 15.7 Å². The first-order valence-corrected chi connectivity index (χ1v) is 15.5. The Bertz CT molecular complexity index is 1660. The van der Waals surface area contributed by atoms with Crippen LogP contribution in [0, 0.1) is 17.2 Å². The first-order chi connectivity index (χ1) is 21.4. The van der Waals surface area contributed by atoms with Crippen LogP contribution in [0.15, 0.2) is 30.5 Å². The van der Waals surface area contributed by atoms with Crippen LogP contribution in [0.2, 0.25) is 5.02 Å². The largest absolute Gasteiger partial charge is 0.418 e. The summed E-state index contributed by atoms with van der Waals surface area (Å²) in [5, 5.41) is 6.49. The summed E-state index contributed by atoms with van der Waals surface area (Å²) in [6, 6.07) is 1.99. The summed E-state index contributed by atoms with van der Waals surface area (Å²) in [7, 11) is 1.00. The summed E-state index contributed by atoms with van der Waals surface area (Å²) in [4.78, 5) is 17.8. The van der Waals surface area contributed by atoms with Crippen molar-refractivity contribution in [3.63, 3.8) is 0 Å². The summed E-state index contributed by atoms with van der Waals surface area (Å²) >= 11 is 6.00. The van der Waals surface area contributed by atoms with E-state index in [2.05, 4.69) is 16.5 Å². The number of halogens is 6. The van der Waals surface area contributed by atoms with E-state index in [4.69, 9.17) is 32.4 Å². The highest BCUT2D eigenvalue weighted by Crippen LogP contribution is 2.70. The number of nitrogens with zero attached hydrogens (tertiary/aromatic N) is 5. The van der Waals surface area contributed by atoms with Crippen molar-refractivity contribution in [3.05, 3.63) is 52.7 Å². The predicted octanol–water partition coefficient (Wildman–Crippen LogP) is 7.26. The number of fused-ring (bicyclic) bond motifs is 3. The van der Waals surface area contributed by atoms with Gasteiger partial charge in [0.05, 0.1) is 21.5 Å². The van der Waals surface area contributed by atoms with Crippen LogP contribution in [0.4, 0.5) is 33.5 Å². The van der Waals surface area contributed by atoms with Gasteiger partial charge in [0, 0.05) is 50.1 Å². The Labute approximate surface area is 263 Å². The maximum Gasteiger partial charge on any atom is 0.418 e. The zero-order chi connectivity index (χ0) is 32.5. The van der Waals surface area contributed by atoms with E-state index in [-0.39, 0.29) is 33.7 Å². The Kier molecular flexibility index (Phi) is 8.01. The molecule has 45 heavy (non-hydrogen) atoms. The average molecular weight is 651 g/mol. The molecule has 0 bridgehead atoms. The minimum absolute atomic E-state index is 0.0715. The number of alkyl halides is 4. The first kappa shape index (κ1) is 31.9. The molecule has 3 unspecified atom stereocenters. The minimum Gasteiger partial charge on any atom is -0.400 e. The number of aliphatic hydroxyl groups is 1.